The average Bonchev–Trinajstić information content (AvgIpc) is 3.21. The predicted molar refractivity (Wildman–Crippen MR) is 147 cm³/mol. The zero-order chi connectivity index (χ0) is 26.7. The molecule has 0 bridgehead atoms. The number of carboxylic acid groups (broad SMARTS) is 1. The minimum atomic E-state index is -1.02. The van der Waals surface area contributed by atoms with Crippen molar-refractivity contribution in [2.45, 2.75) is 38.5 Å². The van der Waals surface area contributed by atoms with Crippen molar-refractivity contribution in [2.75, 3.05) is 5.32 Å². The Morgan fingerprint density at radius 3 is 2.50 bits per heavy atom. The van der Waals surface area contributed by atoms with Gasteiger partial charge in [0.2, 0.25) is 11.9 Å². The van der Waals surface area contributed by atoms with Gasteiger partial charge in [-0.3, -0.25) is 9.48 Å². The molecule has 38 heavy (non-hydrogen) atoms. The molecule has 1 fully saturated rings. The largest absolute Gasteiger partial charge is 0.478 e. The van der Waals surface area contributed by atoms with Crippen LogP contribution in [0.15, 0.2) is 72.8 Å². The molecular weight excluding hydrogens is 481 g/mol. The second-order valence-electron chi connectivity index (χ2n) is 10.1. The third kappa shape index (κ3) is 5.37. The van der Waals surface area contributed by atoms with Gasteiger partial charge in [0, 0.05) is 18.8 Å². The summed E-state index contributed by atoms with van der Waals surface area (Å²) in [6, 6.07) is 21.0. The van der Waals surface area contributed by atoms with E-state index in [1.807, 2.05) is 36.4 Å². The molecule has 1 amide bonds. The van der Waals surface area contributed by atoms with Gasteiger partial charge in [0.05, 0.1) is 16.3 Å². The number of nitrogens with one attached hydrogen (secondary N) is 1. The van der Waals surface area contributed by atoms with Gasteiger partial charge in [0.25, 0.3) is 0 Å². The number of hydrogen-bond acceptors (Lipinski definition) is 3. The van der Waals surface area contributed by atoms with E-state index in [-0.39, 0.29) is 5.91 Å². The Bertz CT molecular complexity index is 1520. The van der Waals surface area contributed by atoms with E-state index in [2.05, 4.69) is 22.5 Å². The fourth-order valence-corrected chi connectivity index (χ4v) is 5.47. The number of amides is 1. The molecule has 0 atom stereocenters. The second-order valence-corrected chi connectivity index (χ2v) is 10.1. The summed E-state index contributed by atoms with van der Waals surface area (Å²) >= 11 is 0. The first-order valence-corrected chi connectivity index (χ1v) is 12.9. The van der Waals surface area contributed by atoms with Gasteiger partial charge in [-0.05, 0) is 71.9 Å². The van der Waals surface area contributed by atoms with E-state index in [0.29, 0.717) is 23.1 Å². The maximum Gasteiger partial charge on any atom is 0.328 e. The summed E-state index contributed by atoms with van der Waals surface area (Å²) in [7, 11) is 1.73. The van der Waals surface area contributed by atoms with Crippen LogP contribution in [0.5, 0.6) is 0 Å². The van der Waals surface area contributed by atoms with Crippen LogP contribution in [0.4, 0.5) is 10.1 Å². The van der Waals surface area contributed by atoms with Gasteiger partial charge in [-0.25, -0.2) is 4.79 Å². The lowest BCUT2D eigenvalue weighted by molar-refractivity contribution is -0.131. The van der Waals surface area contributed by atoms with E-state index < -0.39 is 17.3 Å². The standard InChI is InChI=1S/C31H30FN3O3/c1-35-27-14-13-24(19-26(27)29(32)34-35)23-11-8-22(9-12-23)20-31(16-3-2-4-17-31)30(38)33-25-7-5-6-21(18-25)10-15-28(36)37/h5-15,18-19H,2-4,16-17,20H2,1H3,(H,33,38)(H,36,37)/b15-10+. The molecule has 0 spiro atoms. The normalized spacial score (nSPS) is 15.1. The summed E-state index contributed by atoms with van der Waals surface area (Å²) in [6.45, 7) is 0. The Hall–Kier alpha value is -4.26. The van der Waals surface area contributed by atoms with Crippen LogP contribution in [-0.2, 0) is 23.1 Å². The minimum absolute atomic E-state index is 0.00172. The zero-order valence-corrected chi connectivity index (χ0v) is 21.3. The molecule has 0 radical (unpaired) electrons. The summed E-state index contributed by atoms with van der Waals surface area (Å²) in [4.78, 5) is 24.5. The van der Waals surface area contributed by atoms with E-state index in [9.17, 15) is 14.0 Å². The number of halogens is 1. The highest BCUT2D eigenvalue weighted by molar-refractivity contribution is 5.96. The van der Waals surface area contributed by atoms with Crippen LogP contribution < -0.4 is 5.32 Å². The van der Waals surface area contributed by atoms with Crippen molar-refractivity contribution in [1.82, 2.24) is 9.78 Å². The minimum Gasteiger partial charge on any atom is -0.478 e. The van der Waals surface area contributed by atoms with Gasteiger partial charge in [-0.2, -0.15) is 4.39 Å². The molecule has 1 heterocycles. The first kappa shape index (κ1) is 25.4. The summed E-state index contributed by atoms with van der Waals surface area (Å²) in [5.74, 6) is -1.50. The van der Waals surface area contributed by atoms with Crippen LogP contribution in [0, 0.1) is 11.4 Å². The number of aliphatic carboxylic acids is 1. The number of carbonyl (C=O) groups excluding carboxylic acids is 1. The molecule has 1 aliphatic rings. The predicted octanol–water partition coefficient (Wildman–Crippen LogP) is 6.61. The number of aryl methyl sites for hydroxylation is 1. The Labute approximate surface area is 220 Å². The highest BCUT2D eigenvalue weighted by Crippen LogP contribution is 2.41. The van der Waals surface area contributed by atoms with Crippen LogP contribution in [-0.4, -0.2) is 26.8 Å². The topological polar surface area (TPSA) is 84.2 Å². The van der Waals surface area contributed by atoms with Gasteiger partial charge in [-0.15, -0.1) is 5.10 Å². The molecule has 0 saturated heterocycles. The monoisotopic (exact) mass is 511 g/mol. The number of anilines is 1. The maximum atomic E-state index is 14.2. The molecular formula is C31H30FN3O3. The smallest absolute Gasteiger partial charge is 0.328 e. The number of fused-ring (bicyclic) bond motifs is 1. The number of aromatic nitrogens is 2. The number of hydrogen-bond donors (Lipinski definition) is 2. The van der Waals surface area contributed by atoms with Crippen molar-refractivity contribution in [1.29, 1.82) is 0 Å². The summed E-state index contributed by atoms with van der Waals surface area (Å²) < 4.78 is 15.7. The zero-order valence-electron chi connectivity index (χ0n) is 21.3. The Morgan fingerprint density at radius 2 is 1.76 bits per heavy atom. The van der Waals surface area contributed by atoms with Crippen molar-refractivity contribution >= 4 is 34.5 Å². The van der Waals surface area contributed by atoms with E-state index >= 15 is 0 Å². The highest BCUT2D eigenvalue weighted by Gasteiger charge is 2.39. The van der Waals surface area contributed by atoms with Crippen molar-refractivity contribution in [2.24, 2.45) is 12.5 Å². The summed E-state index contributed by atoms with van der Waals surface area (Å²) in [5.41, 5.74) is 4.58. The number of carboxylic acids is 1. The fourth-order valence-electron chi connectivity index (χ4n) is 5.47. The van der Waals surface area contributed by atoms with Gasteiger partial charge < -0.3 is 10.4 Å². The van der Waals surface area contributed by atoms with E-state index in [0.717, 1.165) is 60.4 Å². The maximum absolute atomic E-state index is 14.2. The fraction of sp³-hybridized carbons (Fsp3) is 0.258. The molecule has 1 aliphatic carbocycles. The number of benzene rings is 3. The molecule has 194 valence electrons. The van der Waals surface area contributed by atoms with Crippen molar-refractivity contribution in [3.8, 4) is 11.1 Å². The summed E-state index contributed by atoms with van der Waals surface area (Å²) in [5, 5.41) is 16.4. The van der Waals surface area contributed by atoms with E-state index in [1.54, 1.807) is 25.2 Å². The van der Waals surface area contributed by atoms with Gasteiger partial charge in [-0.1, -0.05) is 61.7 Å². The lowest BCUT2D eigenvalue weighted by atomic mass is 9.69. The third-order valence-electron chi connectivity index (χ3n) is 7.49. The summed E-state index contributed by atoms with van der Waals surface area (Å²) in [6.07, 6.45) is 7.99. The molecule has 0 aliphatic heterocycles. The molecule has 1 saturated carbocycles. The van der Waals surface area contributed by atoms with Gasteiger partial charge >= 0.3 is 5.97 Å². The van der Waals surface area contributed by atoms with Crippen molar-refractivity contribution in [3.05, 3.63) is 89.9 Å². The van der Waals surface area contributed by atoms with Crippen LogP contribution in [0.25, 0.3) is 28.1 Å². The van der Waals surface area contributed by atoms with Crippen molar-refractivity contribution < 1.29 is 19.1 Å². The highest BCUT2D eigenvalue weighted by atomic mass is 19.1. The average molecular weight is 512 g/mol. The molecule has 4 aromatic rings. The van der Waals surface area contributed by atoms with Crippen LogP contribution in [0.2, 0.25) is 0 Å². The van der Waals surface area contributed by atoms with E-state index in [4.69, 9.17) is 5.11 Å². The molecule has 2 N–H and O–H groups in total. The Kier molecular flexibility index (Phi) is 7.09. The van der Waals surface area contributed by atoms with Crippen LogP contribution in [0.3, 0.4) is 0 Å². The van der Waals surface area contributed by atoms with Gasteiger partial charge in [0.15, 0.2) is 0 Å². The molecule has 7 heteroatoms. The lowest BCUT2D eigenvalue weighted by Crippen LogP contribution is -2.40. The second kappa shape index (κ2) is 10.6. The molecule has 3 aromatic carbocycles. The number of nitrogens with zero attached hydrogens (tertiary/aromatic N) is 2. The molecule has 1 aromatic heterocycles. The first-order chi connectivity index (χ1) is 18.3. The Morgan fingerprint density at radius 1 is 1.03 bits per heavy atom. The lowest BCUT2D eigenvalue weighted by Gasteiger charge is -2.36. The third-order valence-corrected chi connectivity index (χ3v) is 7.49. The number of rotatable bonds is 7. The van der Waals surface area contributed by atoms with E-state index in [1.165, 1.54) is 10.8 Å². The molecule has 0 unspecified atom stereocenters. The quantitative estimate of drug-likeness (QED) is 0.274. The Balaban J connectivity index is 1.35. The van der Waals surface area contributed by atoms with Crippen LogP contribution in [0.1, 0.15) is 43.2 Å². The van der Waals surface area contributed by atoms with Gasteiger partial charge in [0.1, 0.15) is 0 Å². The molecule has 6 nitrogen and oxygen atoms in total. The molecule has 5 rings (SSSR count). The number of carbonyl (C=O) groups is 2. The first-order valence-electron chi connectivity index (χ1n) is 12.9. The SMILES string of the molecule is Cn1nc(F)c2cc(-c3ccc(CC4(C(=O)Nc5cccc(/C=C/C(=O)O)c5)CCCCC4)cc3)ccc21. The van der Waals surface area contributed by atoms with Crippen LogP contribution >= 0.6 is 0 Å². The van der Waals surface area contributed by atoms with Crippen molar-refractivity contribution in [3.63, 3.8) is 0 Å².